The lowest BCUT2D eigenvalue weighted by Crippen LogP contribution is -2.14. The number of aromatic nitrogens is 5. The van der Waals surface area contributed by atoms with Gasteiger partial charge in [-0.3, -0.25) is 9.36 Å². The van der Waals surface area contributed by atoms with E-state index < -0.39 is 0 Å². The molecule has 0 unspecified atom stereocenters. The molecular weight excluding hydrogens is 468 g/mol. The molecule has 2 aromatic carbocycles. The molecule has 0 aliphatic heterocycles. The van der Waals surface area contributed by atoms with Crippen LogP contribution in [0.15, 0.2) is 64.4 Å². The molecule has 0 bridgehead atoms. The summed E-state index contributed by atoms with van der Waals surface area (Å²) in [5, 5.41) is 17.0. The molecule has 0 aliphatic carbocycles. The monoisotopic (exact) mass is 490 g/mol. The van der Waals surface area contributed by atoms with Crippen molar-refractivity contribution in [2.24, 2.45) is 0 Å². The van der Waals surface area contributed by atoms with Gasteiger partial charge in [-0.25, -0.2) is 0 Å². The minimum atomic E-state index is -0.246. The fourth-order valence-electron chi connectivity index (χ4n) is 3.72. The molecule has 11 heteroatoms. The van der Waals surface area contributed by atoms with Crippen LogP contribution in [-0.4, -0.2) is 50.8 Å². The SMILES string of the molecule is COc1ccc(OC)c(-n2c(SCC(=O)Nc3cc(C)on3)nnc2-c2c[nH]c3ccccc23)c1. The molecule has 1 amide bonds. The number of methoxy groups -OCH3 is 2. The van der Waals surface area contributed by atoms with Crippen molar-refractivity contribution in [3.8, 4) is 28.6 Å². The highest BCUT2D eigenvalue weighted by Crippen LogP contribution is 2.37. The maximum Gasteiger partial charge on any atom is 0.236 e. The molecule has 2 N–H and O–H groups in total. The maximum atomic E-state index is 12.6. The lowest BCUT2D eigenvalue weighted by Gasteiger charge is -2.15. The molecule has 0 atom stereocenters. The zero-order valence-corrected chi connectivity index (χ0v) is 20.0. The lowest BCUT2D eigenvalue weighted by molar-refractivity contribution is -0.113. The molecule has 0 fully saturated rings. The van der Waals surface area contributed by atoms with Gasteiger partial charge in [-0.15, -0.1) is 10.2 Å². The number of nitrogens with one attached hydrogen (secondary N) is 2. The van der Waals surface area contributed by atoms with Crippen LogP contribution < -0.4 is 14.8 Å². The van der Waals surface area contributed by atoms with Gasteiger partial charge in [0.2, 0.25) is 5.91 Å². The average Bonchev–Trinajstić information content (AvgIpc) is 3.60. The first kappa shape index (κ1) is 22.5. The van der Waals surface area contributed by atoms with Crippen molar-refractivity contribution >= 4 is 34.4 Å². The summed E-state index contributed by atoms with van der Waals surface area (Å²) in [4.78, 5) is 15.8. The van der Waals surface area contributed by atoms with E-state index in [-0.39, 0.29) is 11.7 Å². The molecule has 3 heterocycles. The predicted octanol–water partition coefficient (Wildman–Crippen LogP) is 4.46. The average molecular weight is 491 g/mol. The van der Waals surface area contributed by atoms with E-state index in [2.05, 4.69) is 25.7 Å². The first-order valence-corrected chi connectivity index (χ1v) is 11.7. The van der Waals surface area contributed by atoms with Gasteiger partial charge in [0.05, 0.1) is 25.7 Å². The van der Waals surface area contributed by atoms with Crippen LogP contribution in [0.5, 0.6) is 11.5 Å². The molecule has 0 saturated carbocycles. The number of aromatic amines is 1. The minimum absolute atomic E-state index is 0.0875. The summed E-state index contributed by atoms with van der Waals surface area (Å²) in [7, 11) is 3.20. The molecule has 0 saturated heterocycles. The van der Waals surface area contributed by atoms with Gasteiger partial charge in [0.1, 0.15) is 17.3 Å². The summed E-state index contributed by atoms with van der Waals surface area (Å²) < 4.78 is 18.0. The number of fused-ring (bicyclic) bond motifs is 1. The number of amides is 1. The van der Waals surface area contributed by atoms with E-state index in [4.69, 9.17) is 14.0 Å². The first-order valence-electron chi connectivity index (χ1n) is 10.7. The Morgan fingerprint density at radius 2 is 2.00 bits per heavy atom. The van der Waals surface area contributed by atoms with Crippen LogP contribution in [0, 0.1) is 6.92 Å². The van der Waals surface area contributed by atoms with Gasteiger partial charge in [-0.05, 0) is 25.1 Å². The Morgan fingerprint density at radius 3 is 2.77 bits per heavy atom. The van der Waals surface area contributed by atoms with E-state index >= 15 is 0 Å². The van der Waals surface area contributed by atoms with Crippen molar-refractivity contribution in [3.63, 3.8) is 0 Å². The highest BCUT2D eigenvalue weighted by Gasteiger charge is 2.22. The van der Waals surface area contributed by atoms with E-state index in [1.165, 1.54) is 11.8 Å². The lowest BCUT2D eigenvalue weighted by atomic mass is 10.1. The number of hydrogen-bond acceptors (Lipinski definition) is 8. The van der Waals surface area contributed by atoms with Crippen LogP contribution in [0.2, 0.25) is 0 Å². The zero-order valence-electron chi connectivity index (χ0n) is 19.2. The van der Waals surface area contributed by atoms with E-state index in [0.29, 0.717) is 39.7 Å². The second-order valence-electron chi connectivity index (χ2n) is 7.59. The van der Waals surface area contributed by atoms with Gasteiger partial charge in [-0.1, -0.05) is 35.1 Å². The number of benzene rings is 2. The predicted molar refractivity (Wildman–Crippen MR) is 132 cm³/mol. The largest absolute Gasteiger partial charge is 0.497 e. The van der Waals surface area contributed by atoms with Gasteiger partial charge in [0, 0.05) is 34.8 Å². The number of rotatable bonds is 8. The molecule has 3 aromatic heterocycles. The highest BCUT2D eigenvalue weighted by molar-refractivity contribution is 7.99. The number of hydrogen-bond donors (Lipinski definition) is 2. The van der Waals surface area contributed by atoms with Crippen molar-refractivity contribution < 1.29 is 18.8 Å². The quantitative estimate of drug-likeness (QED) is 0.306. The number of ether oxygens (including phenoxy) is 2. The summed E-state index contributed by atoms with van der Waals surface area (Å²) in [6, 6.07) is 15.1. The van der Waals surface area contributed by atoms with Gasteiger partial charge >= 0.3 is 0 Å². The molecule has 5 aromatic rings. The van der Waals surface area contributed by atoms with Crippen molar-refractivity contribution in [2.45, 2.75) is 12.1 Å². The molecular formula is C24H22N6O4S. The van der Waals surface area contributed by atoms with Gasteiger partial charge in [0.25, 0.3) is 0 Å². The minimum Gasteiger partial charge on any atom is -0.497 e. The molecule has 5 rings (SSSR count). The van der Waals surface area contributed by atoms with Crippen LogP contribution in [0.25, 0.3) is 28.0 Å². The van der Waals surface area contributed by atoms with E-state index in [1.807, 2.05) is 53.2 Å². The summed E-state index contributed by atoms with van der Waals surface area (Å²) in [5.74, 6) is 2.67. The Kier molecular flexibility index (Phi) is 6.15. The van der Waals surface area contributed by atoms with Gasteiger partial charge in [-0.2, -0.15) is 0 Å². The van der Waals surface area contributed by atoms with Gasteiger partial charge < -0.3 is 24.3 Å². The summed E-state index contributed by atoms with van der Waals surface area (Å²) in [6.45, 7) is 1.76. The molecule has 35 heavy (non-hydrogen) atoms. The second-order valence-corrected chi connectivity index (χ2v) is 8.53. The summed E-state index contributed by atoms with van der Waals surface area (Å²) in [6.07, 6.45) is 1.89. The Bertz CT molecular complexity index is 1510. The number of carbonyl (C=O) groups is 1. The molecule has 0 spiro atoms. The topological polar surface area (TPSA) is 120 Å². The Hall–Kier alpha value is -4.25. The molecule has 178 valence electrons. The zero-order chi connectivity index (χ0) is 24.4. The number of nitrogens with zero attached hydrogens (tertiary/aromatic N) is 4. The third kappa shape index (κ3) is 4.45. The van der Waals surface area contributed by atoms with Crippen LogP contribution in [0.1, 0.15) is 5.76 Å². The van der Waals surface area contributed by atoms with Crippen LogP contribution in [0.4, 0.5) is 5.82 Å². The van der Waals surface area contributed by atoms with E-state index in [9.17, 15) is 4.79 Å². The number of thioether (sulfide) groups is 1. The smallest absolute Gasteiger partial charge is 0.236 e. The van der Waals surface area contributed by atoms with E-state index in [0.717, 1.165) is 16.5 Å². The number of para-hydroxylation sites is 1. The number of carbonyl (C=O) groups excluding carboxylic acids is 1. The fourth-order valence-corrected chi connectivity index (χ4v) is 4.46. The number of H-pyrrole nitrogens is 1. The highest BCUT2D eigenvalue weighted by atomic mass is 32.2. The standard InChI is InChI=1S/C24H22N6O4S/c1-14-10-21(29-34-14)26-22(31)13-35-24-28-27-23(17-12-25-18-7-5-4-6-16(17)18)30(24)19-11-15(32-2)8-9-20(19)33-3/h4-12,25H,13H2,1-3H3,(H,26,29,31). The third-order valence-electron chi connectivity index (χ3n) is 5.32. The van der Waals surface area contributed by atoms with Crippen molar-refractivity contribution in [1.29, 1.82) is 0 Å². The normalized spacial score (nSPS) is 11.1. The Morgan fingerprint density at radius 1 is 1.14 bits per heavy atom. The van der Waals surface area contributed by atoms with Crippen molar-refractivity contribution in [2.75, 3.05) is 25.3 Å². The second kappa shape index (κ2) is 9.55. The fraction of sp³-hybridized carbons (Fsp3) is 0.167. The third-order valence-corrected chi connectivity index (χ3v) is 6.25. The van der Waals surface area contributed by atoms with Crippen LogP contribution >= 0.6 is 11.8 Å². The maximum absolute atomic E-state index is 12.6. The first-order chi connectivity index (χ1) is 17.1. The number of anilines is 1. The summed E-state index contributed by atoms with van der Waals surface area (Å²) >= 11 is 1.24. The molecule has 0 radical (unpaired) electrons. The van der Waals surface area contributed by atoms with Crippen LogP contribution in [-0.2, 0) is 4.79 Å². The number of aryl methyl sites for hydroxylation is 1. The Labute approximate surface area is 204 Å². The van der Waals surface area contributed by atoms with E-state index in [1.54, 1.807) is 27.2 Å². The van der Waals surface area contributed by atoms with Crippen molar-refractivity contribution in [1.82, 2.24) is 24.9 Å². The molecule has 10 nitrogen and oxygen atoms in total. The summed E-state index contributed by atoms with van der Waals surface area (Å²) in [5.41, 5.74) is 2.53. The van der Waals surface area contributed by atoms with Crippen LogP contribution in [0.3, 0.4) is 0 Å². The van der Waals surface area contributed by atoms with Crippen molar-refractivity contribution in [3.05, 3.63) is 60.5 Å². The molecule has 0 aliphatic rings. The van der Waals surface area contributed by atoms with Gasteiger partial charge in [0.15, 0.2) is 16.8 Å². The Balaban J connectivity index is 1.56.